The van der Waals surface area contributed by atoms with Crippen molar-refractivity contribution in [1.29, 1.82) is 0 Å². The molecule has 0 unspecified atom stereocenters. The molecule has 136 valence electrons. The molecule has 0 amide bonds. The van der Waals surface area contributed by atoms with E-state index in [-0.39, 0.29) is 131 Å². The van der Waals surface area contributed by atoms with Crippen LogP contribution in [-0.2, 0) is 20.8 Å². The maximum absolute atomic E-state index is 8.74. The molecule has 0 atom stereocenters. The summed E-state index contributed by atoms with van der Waals surface area (Å²) in [5, 5.41) is 27.9. The van der Waals surface area contributed by atoms with Crippen LogP contribution in [0.5, 0.6) is 0 Å². The van der Waals surface area contributed by atoms with E-state index in [9.17, 15) is 0 Å². The SMILES string of the molecule is Cl.O=C(O)O.O=C(O)O.O=S(=O)(O)O.O=S(=O)(O)O.[Cl][K].[NaH].[NaH].[NaH].[NaH]. The molecule has 0 heterocycles. The van der Waals surface area contributed by atoms with Gasteiger partial charge in [-0.2, -0.15) is 16.8 Å². The number of carboxylic acid groups (broad SMARTS) is 4. The molecule has 0 aromatic heterocycles. The molecule has 14 nitrogen and oxygen atoms in total. The summed E-state index contributed by atoms with van der Waals surface area (Å²) in [6, 6.07) is 0. The van der Waals surface area contributed by atoms with Crippen LogP contribution in [0.2, 0.25) is 0 Å². The van der Waals surface area contributed by atoms with Gasteiger partial charge in [-0.25, -0.2) is 9.59 Å². The molecule has 0 rings (SSSR count). The van der Waals surface area contributed by atoms with Crippen molar-refractivity contribution in [2.24, 2.45) is 0 Å². The molecule has 25 heavy (non-hydrogen) atoms. The molecule has 0 aliphatic carbocycles. The summed E-state index contributed by atoms with van der Waals surface area (Å²) in [4.78, 5) is 17.1. The van der Waals surface area contributed by atoms with Gasteiger partial charge in [0.05, 0.1) is 0 Å². The van der Waals surface area contributed by atoms with Gasteiger partial charge in [0, 0.05) is 0 Å². The van der Waals surface area contributed by atoms with Crippen molar-refractivity contribution in [3.8, 4) is 0 Å². The zero-order valence-corrected chi connectivity index (χ0v) is 16.0. The molecular weight excluding hydrogens is 514 g/mol. The van der Waals surface area contributed by atoms with Gasteiger partial charge in [-0.3, -0.25) is 18.2 Å². The fourth-order valence-electron chi connectivity index (χ4n) is 0. The minimum atomic E-state index is -4.67. The number of hydrogen-bond acceptors (Lipinski definition) is 6. The molecule has 0 fully saturated rings. The fraction of sp³-hybridized carbons (Fsp3) is 0. The summed E-state index contributed by atoms with van der Waals surface area (Å²) < 4.78 is 68.0. The van der Waals surface area contributed by atoms with Crippen molar-refractivity contribution in [2.75, 3.05) is 0 Å². The monoisotopic (exact) mass is 526 g/mol. The van der Waals surface area contributed by atoms with Gasteiger partial charge in [-0.05, 0) is 0 Å². The third-order valence-corrected chi connectivity index (χ3v) is 0. The Balaban J connectivity index is -0.0000000137. The van der Waals surface area contributed by atoms with Crippen LogP contribution in [0.1, 0.15) is 0 Å². The second kappa shape index (κ2) is 42.6. The van der Waals surface area contributed by atoms with E-state index in [1.807, 2.05) is 0 Å². The maximum atomic E-state index is 8.74. The minimum absolute atomic E-state index is 0. The normalized spacial score (nSPS) is 6.84. The zero-order chi connectivity index (χ0) is 18.2. The summed E-state index contributed by atoms with van der Waals surface area (Å²) >= 11 is 0.535. The van der Waals surface area contributed by atoms with Gasteiger partial charge in [0.1, 0.15) is 0 Å². The van der Waals surface area contributed by atoms with Crippen LogP contribution in [0.3, 0.4) is 0 Å². The van der Waals surface area contributed by atoms with Crippen molar-refractivity contribution < 1.29 is 65.1 Å². The van der Waals surface area contributed by atoms with Crippen molar-refractivity contribution >= 4 is 215 Å². The Bertz CT molecular complexity index is 376. The van der Waals surface area contributed by atoms with E-state index in [2.05, 4.69) is 0 Å². The molecule has 0 radical (unpaired) electrons. The molecule has 0 aliphatic rings. The summed E-state index contributed by atoms with van der Waals surface area (Å²) in [7, 11) is -9.33. The van der Waals surface area contributed by atoms with Crippen LogP contribution >= 0.6 is 16.2 Å². The topological polar surface area (TPSA) is 264 Å². The predicted octanol–water partition coefficient (Wildman–Crippen LogP) is -2.72. The summed E-state index contributed by atoms with van der Waals surface area (Å²) in [6.07, 6.45) is -3.67. The molecule has 0 saturated heterocycles. The first-order valence-electron chi connectivity index (χ1n) is 3.08. The molecular formula is C2H13Cl2KNa4O14S2. The van der Waals surface area contributed by atoms with Gasteiger partial charge in [0.25, 0.3) is 0 Å². The summed E-state index contributed by atoms with van der Waals surface area (Å²) in [6.45, 7) is 0. The Kier molecular flexibility index (Phi) is 107. The molecule has 0 saturated carbocycles. The van der Waals surface area contributed by atoms with E-state index >= 15 is 0 Å². The fourth-order valence-corrected chi connectivity index (χ4v) is 0. The van der Waals surface area contributed by atoms with E-state index in [0.29, 0.717) is 47.1 Å². The third-order valence-electron chi connectivity index (χ3n) is 0. The Labute approximate surface area is 273 Å². The van der Waals surface area contributed by atoms with Crippen LogP contribution in [0.25, 0.3) is 0 Å². The first-order chi connectivity index (χ1) is 8.46. The Hall–Kier alpha value is 4.50. The molecule has 0 spiro atoms. The first kappa shape index (κ1) is 63.0. The number of hydrogen-bond donors (Lipinski definition) is 8. The Morgan fingerprint density at radius 2 is 0.600 bits per heavy atom. The number of rotatable bonds is 0. The predicted molar refractivity (Wildman–Crippen MR) is 97.1 cm³/mol. The molecule has 23 heteroatoms. The number of carbonyl (C=O) groups is 2. The zero-order valence-electron chi connectivity index (χ0n) is 9.63. The number of halogens is 2. The second-order valence-electron chi connectivity index (χ2n) is 1.46. The molecule has 0 bridgehead atoms. The summed E-state index contributed by atoms with van der Waals surface area (Å²) in [5.74, 6) is 0. The quantitative estimate of drug-likeness (QED) is 0.118. The van der Waals surface area contributed by atoms with E-state index in [1.165, 1.54) is 0 Å². The van der Waals surface area contributed by atoms with Crippen LogP contribution in [0, 0.1) is 0 Å². The van der Waals surface area contributed by atoms with Crippen LogP contribution < -0.4 is 0 Å². The molecule has 0 aromatic rings. The second-order valence-corrected chi connectivity index (χ2v) is 3.25. The van der Waals surface area contributed by atoms with E-state index in [0.717, 1.165) is 0 Å². The van der Waals surface area contributed by atoms with Gasteiger partial charge >= 0.3 is 202 Å². The standard InChI is InChI=1S/2CH2O3.2ClH.K.4Na.2H2O4S.4H/c2*2-1(3)4;;;;;;;;2*1-5(2,3)4;;;;/h2*(H2,2,3,4);2*1H;;;;;;2*(H2,1,2,3,4);;;;/q;;;;+1;;;;;;;;;;/p-1. The molecule has 0 aromatic carbocycles. The Morgan fingerprint density at radius 3 is 0.600 bits per heavy atom. The molecule has 8 N–H and O–H groups in total. The van der Waals surface area contributed by atoms with Gasteiger partial charge in [-0.1, -0.05) is 0 Å². The van der Waals surface area contributed by atoms with E-state index in [1.54, 1.807) is 0 Å². The van der Waals surface area contributed by atoms with E-state index < -0.39 is 33.1 Å². The van der Waals surface area contributed by atoms with Gasteiger partial charge < -0.3 is 20.4 Å². The average molecular weight is 527 g/mol. The average Bonchev–Trinajstić information content (AvgIpc) is 1.96. The van der Waals surface area contributed by atoms with Crippen molar-refractivity contribution in [1.82, 2.24) is 0 Å². The van der Waals surface area contributed by atoms with Gasteiger partial charge in [0.15, 0.2) is 0 Å². The molecule has 0 aliphatic heterocycles. The van der Waals surface area contributed by atoms with Crippen molar-refractivity contribution in [2.45, 2.75) is 0 Å². The summed E-state index contributed by atoms with van der Waals surface area (Å²) in [5.41, 5.74) is 0. The van der Waals surface area contributed by atoms with Gasteiger partial charge in [-0.15, -0.1) is 12.4 Å². The first-order valence-corrected chi connectivity index (χ1v) is 10.2. The van der Waals surface area contributed by atoms with E-state index in [4.69, 9.17) is 68.8 Å². The van der Waals surface area contributed by atoms with Crippen molar-refractivity contribution in [3.05, 3.63) is 0 Å². The third kappa shape index (κ3) is 990. The Morgan fingerprint density at radius 1 is 0.600 bits per heavy atom. The van der Waals surface area contributed by atoms with Crippen LogP contribution in [0.4, 0.5) is 9.59 Å². The van der Waals surface area contributed by atoms with Crippen LogP contribution in [0.15, 0.2) is 0 Å². The van der Waals surface area contributed by atoms with Crippen molar-refractivity contribution in [3.63, 3.8) is 0 Å². The van der Waals surface area contributed by atoms with Crippen LogP contribution in [-0.4, -0.2) is 233 Å². The van der Waals surface area contributed by atoms with Gasteiger partial charge in [0.2, 0.25) is 0 Å².